The lowest BCUT2D eigenvalue weighted by Gasteiger charge is -2.06. The van der Waals surface area contributed by atoms with Crippen LogP contribution in [0, 0.1) is 0 Å². The van der Waals surface area contributed by atoms with Crippen molar-refractivity contribution in [1.29, 1.82) is 0 Å². The van der Waals surface area contributed by atoms with E-state index in [9.17, 15) is 4.21 Å². The van der Waals surface area contributed by atoms with Crippen molar-refractivity contribution in [2.45, 2.75) is 6.42 Å². The van der Waals surface area contributed by atoms with Crippen LogP contribution in [0.25, 0.3) is 5.69 Å². The van der Waals surface area contributed by atoms with E-state index in [0.717, 1.165) is 12.1 Å². The van der Waals surface area contributed by atoms with Crippen LogP contribution >= 0.6 is 0 Å². The molecule has 0 amide bonds. The van der Waals surface area contributed by atoms with Crippen molar-refractivity contribution < 1.29 is 4.21 Å². The highest BCUT2D eigenvalue weighted by Gasteiger charge is 2.06. The van der Waals surface area contributed by atoms with Crippen LogP contribution in [0.15, 0.2) is 30.3 Å². The first-order chi connectivity index (χ1) is 8.77. The summed E-state index contributed by atoms with van der Waals surface area (Å²) in [7, 11) is -0.754. The summed E-state index contributed by atoms with van der Waals surface area (Å²) in [5, 5.41) is 14.6. The number of aromatic nitrogens is 4. The predicted molar refractivity (Wildman–Crippen MR) is 71.2 cm³/mol. The van der Waals surface area contributed by atoms with Gasteiger partial charge in [0, 0.05) is 29.4 Å². The summed E-state index contributed by atoms with van der Waals surface area (Å²) < 4.78 is 12.6. The van der Waals surface area contributed by atoms with Crippen LogP contribution in [0.5, 0.6) is 0 Å². The van der Waals surface area contributed by atoms with Crippen LogP contribution in [0.2, 0.25) is 0 Å². The van der Waals surface area contributed by atoms with E-state index in [-0.39, 0.29) is 0 Å². The molecule has 0 radical (unpaired) electrons. The molecule has 6 nitrogen and oxygen atoms in total. The maximum atomic E-state index is 10.9. The number of rotatable bonds is 6. The molecule has 1 N–H and O–H groups in total. The summed E-state index contributed by atoms with van der Waals surface area (Å²) in [5.74, 6) is 1.28. The molecule has 0 saturated carbocycles. The highest BCUT2D eigenvalue weighted by atomic mass is 32.2. The summed E-state index contributed by atoms with van der Waals surface area (Å²) in [5.41, 5.74) is 0.907. The van der Waals surface area contributed by atoms with E-state index >= 15 is 0 Å². The van der Waals surface area contributed by atoms with Gasteiger partial charge in [-0.05, 0) is 29.0 Å². The normalized spacial score (nSPS) is 12.3. The van der Waals surface area contributed by atoms with Crippen molar-refractivity contribution >= 4 is 16.7 Å². The Balaban J connectivity index is 1.98. The summed E-state index contributed by atoms with van der Waals surface area (Å²) in [6.07, 6.45) is 2.53. The van der Waals surface area contributed by atoms with Gasteiger partial charge in [-0.2, -0.15) is 4.68 Å². The molecular weight excluding hydrogens is 250 g/mol. The van der Waals surface area contributed by atoms with Gasteiger partial charge in [0.15, 0.2) is 0 Å². The van der Waals surface area contributed by atoms with Crippen molar-refractivity contribution in [3.8, 4) is 5.69 Å². The fraction of sp³-hybridized carbons (Fsp3) is 0.364. The molecule has 0 aliphatic heterocycles. The Labute approximate surface area is 108 Å². The van der Waals surface area contributed by atoms with Gasteiger partial charge in [0.2, 0.25) is 5.95 Å². The summed E-state index contributed by atoms with van der Waals surface area (Å²) >= 11 is 0. The second-order valence-electron chi connectivity index (χ2n) is 3.81. The average Bonchev–Trinajstić information content (AvgIpc) is 2.84. The zero-order chi connectivity index (χ0) is 12.8. The molecule has 1 unspecified atom stereocenters. The van der Waals surface area contributed by atoms with Crippen molar-refractivity contribution in [2.24, 2.45) is 0 Å². The van der Waals surface area contributed by atoms with Crippen LogP contribution in [-0.4, -0.2) is 43.0 Å². The van der Waals surface area contributed by atoms with Crippen molar-refractivity contribution in [3.63, 3.8) is 0 Å². The molecule has 2 aromatic rings. The smallest absolute Gasteiger partial charge is 0.247 e. The third-order valence-corrected chi connectivity index (χ3v) is 3.23. The van der Waals surface area contributed by atoms with Crippen LogP contribution in [-0.2, 0) is 10.8 Å². The van der Waals surface area contributed by atoms with Crippen LogP contribution in [0.3, 0.4) is 0 Å². The minimum Gasteiger partial charge on any atom is -0.353 e. The molecule has 96 valence electrons. The number of benzene rings is 1. The van der Waals surface area contributed by atoms with E-state index in [4.69, 9.17) is 0 Å². The zero-order valence-corrected chi connectivity index (χ0v) is 10.9. The molecule has 0 fully saturated rings. The molecule has 2 rings (SSSR count). The minimum atomic E-state index is -0.754. The number of tetrazole rings is 1. The standard InChI is InChI=1S/C11H15N5OS/c1-18(17)9-5-8-12-11-13-14-15-16(11)10-6-3-2-4-7-10/h2-4,6-7H,5,8-9H2,1H3,(H,12,13,15). The van der Waals surface area contributed by atoms with E-state index < -0.39 is 10.8 Å². The average molecular weight is 265 g/mol. The van der Waals surface area contributed by atoms with Gasteiger partial charge in [-0.15, -0.1) is 0 Å². The Kier molecular flexibility index (Phi) is 4.40. The Morgan fingerprint density at radius 1 is 1.33 bits per heavy atom. The van der Waals surface area contributed by atoms with Gasteiger partial charge in [-0.25, -0.2) is 0 Å². The lowest BCUT2D eigenvalue weighted by atomic mass is 10.3. The summed E-state index contributed by atoms with van der Waals surface area (Å²) in [4.78, 5) is 0. The predicted octanol–water partition coefficient (Wildman–Crippen LogP) is 0.843. The third-order valence-electron chi connectivity index (χ3n) is 2.36. The Bertz CT molecular complexity index is 513. The van der Waals surface area contributed by atoms with Crippen LogP contribution in [0.4, 0.5) is 5.95 Å². The Hall–Kier alpha value is -1.76. The van der Waals surface area contributed by atoms with Gasteiger partial charge in [-0.1, -0.05) is 23.3 Å². The molecule has 18 heavy (non-hydrogen) atoms. The minimum absolute atomic E-state index is 0.600. The maximum Gasteiger partial charge on any atom is 0.247 e. The van der Waals surface area contributed by atoms with Gasteiger partial charge in [-0.3, -0.25) is 4.21 Å². The molecule has 0 spiro atoms. The molecule has 1 heterocycles. The first kappa shape index (κ1) is 12.7. The molecule has 7 heteroatoms. The van der Waals surface area contributed by atoms with Gasteiger partial charge < -0.3 is 5.32 Å². The number of para-hydroxylation sites is 1. The number of hydrogen-bond donors (Lipinski definition) is 1. The number of anilines is 1. The lowest BCUT2D eigenvalue weighted by Crippen LogP contribution is -2.10. The highest BCUT2D eigenvalue weighted by Crippen LogP contribution is 2.10. The van der Waals surface area contributed by atoms with E-state index in [2.05, 4.69) is 20.8 Å². The molecule has 0 aliphatic carbocycles. The quantitative estimate of drug-likeness (QED) is 0.784. The van der Waals surface area contributed by atoms with Gasteiger partial charge in [0.05, 0.1) is 5.69 Å². The monoisotopic (exact) mass is 265 g/mol. The maximum absolute atomic E-state index is 10.9. The van der Waals surface area contributed by atoms with Crippen LogP contribution < -0.4 is 5.32 Å². The van der Waals surface area contributed by atoms with E-state index in [0.29, 0.717) is 18.2 Å². The molecule has 0 bridgehead atoms. The van der Waals surface area contributed by atoms with E-state index in [1.165, 1.54) is 0 Å². The number of nitrogens with one attached hydrogen (secondary N) is 1. The molecule has 1 atom stereocenters. The zero-order valence-electron chi connectivity index (χ0n) is 10.1. The second kappa shape index (κ2) is 6.25. The first-order valence-electron chi connectivity index (χ1n) is 5.65. The van der Waals surface area contributed by atoms with E-state index in [1.807, 2.05) is 30.3 Å². The van der Waals surface area contributed by atoms with Crippen molar-refractivity contribution in [1.82, 2.24) is 20.2 Å². The number of nitrogens with zero attached hydrogens (tertiary/aromatic N) is 4. The van der Waals surface area contributed by atoms with Gasteiger partial charge in [0.1, 0.15) is 0 Å². The molecule has 1 aromatic carbocycles. The Morgan fingerprint density at radius 3 is 2.83 bits per heavy atom. The molecule has 1 aromatic heterocycles. The SMILES string of the molecule is CS(=O)CCCNc1nnnn1-c1ccccc1. The van der Waals surface area contributed by atoms with Crippen molar-refractivity contribution in [3.05, 3.63) is 30.3 Å². The largest absolute Gasteiger partial charge is 0.353 e. The summed E-state index contributed by atoms with van der Waals surface area (Å²) in [6, 6.07) is 9.67. The number of hydrogen-bond acceptors (Lipinski definition) is 5. The Morgan fingerprint density at radius 2 is 2.11 bits per heavy atom. The molecule has 0 saturated heterocycles. The fourth-order valence-electron chi connectivity index (χ4n) is 1.52. The second-order valence-corrected chi connectivity index (χ2v) is 5.36. The molecule has 0 aliphatic rings. The fourth-order valence-corrected chi connectivity index (χ4v) is 2.07. The van der Waals surface area contributed by atoms with Crippen molar-refractivity contribution in [2.75, 3.05) is 23.9 Å². The lowest BCUT2D eigenvalue weighted by molar-refractivity contribution is 0.684. The highest BCUT2D eigenvalue weighted by molar-refractivity contribution is 7.84. The van der Waals surface area contributed by atoms with Crippen LogP contribution in [0.1, 0.15) is 6.42 Å². The first-order valence-corrected chi connectivity index (χ1v) is 7.38. The summed E-state index contributed by atoms with van der Waals surface area (Å²) in [6.45, 7) is 0.701. The van der Waals surface area contributed by atoms with Gasteiger partial charge in [0.25, 0.3) is 0 Å². The molecular formula is C11H15N5OS. The van der Waals surface area contributed by atoms with Gasteiger partial charge >= 0.3 is 0 Å². The topological polar surface area (TPSA) is 72.7 Å². The van der Waals surface area contributed by atoms with E-state index in [1.54, 1.807) is 10.9 Å². The third kappa shape index (κ3) is 3.36.